The number of aliphatic hydroxyl groups excluding tert-OH is 1. The first kappa shape index (κ1) is 18.9. The Labute approximate surface area is 162 Å². The van der Waals surface area contributed by atoms with E-state index in [2.05, 4.69) is 28.0 Å². The van der Waals surface area contributed by atoms with Gasteiger partial charge in [-0.3, -0.25) is 14.4 Å². The molecule has 1 N–H and O–H groups in total. The van der Waals surface area contributed by atoms with Crippen LogP contribution in [0, 0.1) is 17.3 Å². The van der Waals surface area contributed by atoms with Crippen LogP contribution in [0.2, 0.25) is 0 Å². The molecule has 1 spiro atoms. The number of piperidine rings is 2. The number of aromatic nitrogens is 2. The number of aryl methyl sites for hydroxylation is 1. The second-order valence-electron chi connectivity index (χ2n) is 8.88. The largest absolute Gasteiger partial charge is 0.396 e. The number of nitrogens with zero attached hydrogens (tertiary/aromatic N) is 4. The summed E-state index contributed by atoms with van der Waals surface area (Å²) in [7, 11) is 0. The predicted molar refractivity (Wildman–Crippen MR) is 104 cm³/mol. The Bertz CT molecular complexity index is 646. The van der Waals surface area contributed by atoms with Crippen LogP contribution >= 0.6 is 0 Å². The van der Waals surface area contributed by atoms with E-state index >= 15 is 0 Å². The van der Waals surface area contributed by atoms with Gasteiger partial charge in [0.05, 0.1) is 6.20 Å². The lowest BCUT2D eigenvalue weighted by Gasteiger charge is -2.52. The second kappa shape index (κ2) is 7.92. The van der Waals surface area contributed by atoms with Crippen LogP contribution in [-0.4, -0.2) is 63.4 Å². The van der Waals surface area contributed by atoms with Gasteiger partial charge in [0.15, 0.2) is 0 Å². The Morgan fingerprint density at radius 1 is 1.26 bits per heavy atom. The van der Waals surface area contributed by atoms with Crippen LogP contribution in [0.3, 0.4) is 0 Å². The number of aliphatic hydroxyl groups is 1. The normalized spacial score (nSPS) is 26.3. The second-order valence-corrected chi connectivity index (χ2v) is 8.88. The molecule has 1 amide bonds. The summed E-state index contributed by atoms with van der Waals surface area (Å²) in [5, 5.41) is 14.5. The maximum absolute atomic E-state index is 12.6. The van der Waals surface area contributed by atoms with Crippen LogP contribution in [0.1, 0.15) is 51.0 Å². The summed E-state index contributed by atoms with van der Waals surface area (Å²) in [5.74, 6) is 0.851. The zero-order valence-electron chi connectivity index (χ0n) is 16.6. The van der Waals surface area contributed by atoms with Crippen molar-refractivity contribution in [3.8, 4) is 0 Å². The van der Waals surface area contributed by atoms with Gasteiger partial charge < -0.3 is 10.0 Å². The summed E-state index contributed by atoms with van der Waals surface area (Å²) < 4.78 is 1.98. The fourth-order valence-electron chi connectivity index (χ4n) is 5.21. The van der Waals surface area contributed by atoms with Crippen molar-refractivity contribution in [2.75, 3.05) is 32.8 Å². The molecule has 2 saturated heterocycles. The number of carbonyl (C=O) groups is 1. The van der Waals surface area contributed by atoms with Crippen LogP contribution in [0.4, 0.5) is 0 Å². The van der Waals surface area contributed by atoms with Gasteiger partial charge in [-0.15, -0.1) is 0 Å². The minimum Gasteiger partial charge on any atom is -0.396 e. The molecule has 3 heterocycles. The van der Waals surface area contributed by atoms with Gasteiger partial charge in [-0.25, -0.2) is 0 Å². The highest BCUT2D eigenvalue weighted by molar-refractivity contribution is 5.79. The fraction of sp³-hybridized carbons (Fsp3) is 0.810. The van der Waals surface area contributed by atoms with Gasteiger partial charge in [0.1, 0.15) is 0 Å². The molecule has 6 nitrogen and oxygen atoms in total. The third-order valence-corrected chi connectivity index (χ3v) is 7.44. The highest BCUT2D eigenvalue weighted by atomic mass is 16.3. The van der Waals surface area contributed by atoms with E-state index in [0.717, 1.165) is 71.4 Å². The van der Waals surface area contributed by atoms with Crippen molar-refractivity contribution in [2.45, 2.75) is 58.5 Å². The molecule has 0 radical (unpaired) electrons. The lowest BCUT2D eigenvalue weighted by atomic mass is 9.64. The molecule has 27 heavy (non-hydrogen) atoms. The molecule has 150 valence electrons. The van der Waals surface area contributed by atoms with Gasteiger partial charge in [-0.1, -0.05) is 6.42 Å². The molecule has 0 aromatic carbocycles. The van der Waals surface area contributed by atoms with E-state index in [1.807, 2.05) is 10.9 Å². The van der Waals surface area contributed by atoms with Gasteiger partial charge in [0.25, 0.3) is 0 Å². The Kier molecular flexibility index (Phi) is 5.55. The Morgan fingerprint density at radius 3 is 2.59 bits per heavy atom. The maximum Gasteiger partial charge on any atom is 0.225 e. The van der Waals surface area contributed by atoms with Crippen LogP contribution in [0.15, 0.2) is 12.4 Å². The van der Waals surface area contributed by atoms with Crippen molar-refractivity contribution >= 4 is 5.91 Å². The molecular weight excluding hydrogens is 340 g/mol. The first-order valence-electron chi connectivity index (χ1n) is 10.8. The van der Waals surface area contributed by atoms with Crippen LogP contribution in [0.5, 0.6) is 0 Å². The number of amides is 1. The molecule has 3 aliphatic rings. The molecule has 1 aromatic rings. The first-order chi connectivity index (χ1) is 13.1. The van der Waals surface area contributed by atoms with E-state index in [1.165, 1.54) is 12.0 Å². The van der Waals surface area contributed by atoms with Gasteiger partial charge in [0, 0.05) is 56.4 Å². The Hall–Kier alpha value is -1.40. The number of carbonyl (C=O) groups excluding carboxylic acids is 1. The molecule has 2 aliphatic heterocycles. The first-order valence-corrected chi connectivity index (χ1v) is 10.8. The molecule has 0 unspecified atom stereocenters. The van der Waals surface area contributed by atoms with E-state index in [1.54, 1.807) is 0 Å². The molecule has 3 fully saturated rings. The molecule has 1 aromatic heterocycles. The van der Waals surface area contributed by atoms with Crippen LogP contribution < -0.4 is 0 Å². The lowest BCUT2D eigenvalue weighted by molar-refractivity contribution is -0.145. The van der Waals surface area contributed by atoms with Gasteiger partial charge >= 0.3 is 0 Å². The minimum absolute atomic E-state index is 0.206. The van der Waals surface area contributed by atoms with Crippen LogP contribution in [0.25, 0.3) is 0 Å². The van der Waals surface area contributed by atoms with Gasteiger partial charge in [-0.05, 0) is 57.5 Å². The molecule has 6 heteroatoms. The lowest BCUT2D eigenvalue weighted by Crippen LogP contribution is -2.55. The third-order valence-electron chi connectivity index (χ3n) is 7.44. The number of hydrogen-bond acceptors (Lipinski definition) is 4. The van der Waals surface area contributed by atoms with Crippen molar-refractivity contribution in [1.29, 1.82) is 0 Å². The van der Waals surface area contributed by atoms with Crippen molar-refractivity contribution < 1.29 is 9.90 Å². The summed E-state index contributed by atoms with van der Waals surface area (Å²) in [6.45, 7) is 7.98. The zero-order chi connectivity index (χ0) is 18.9. The Balaban J connectivity index is 1.33. The van der Waals surface area contributed by atoms with Crippen molar-refractivity contribution in [1.82, 2.24) is 19.6 Å². The number of rotatable bonds is 5. The highest BCUT2D eigenvalue weighted by Crippen LogP contribution is 2.46. The molecule has 4 rings (SSSR count). The fourth-order valence-corrected chi connectivity index (χ4v) is 5.21. The summed E-state index contributed by atoms with van der Waals surface area (Å²) in [4.78, 5) is 17.2. The standard InChI is InChI=1S/C21H34N4O2/c1-2-25-14-17(12-22-25)13-23-9-6-21(7-10-23)8-11-24(15-19(21)16-26)20(27)18-4-3-5-18/h12,14,18-19,26H,2-11,13,15-16H2,1H3/t19-/m0/s1. The molecular formula is C21H34N4O2. The molecule has 1 atom stereocenters. The van der Waals surface area contributed by atoms with Crippen LogP contribution in [-0.2, 0) is 17.9 Å². The van der Waals surface area contributed by atoms with Crippen molar-refractivity contribution in [2.24, 2.45) is 17.3 Å². The van der Waals surface area contributed by atoms with Crippen molar-refractivity contribution in [3.63, 3.8) is 0 Å². The van der Waals surface area contributed by atoms with E-state index < -0.39 is 0 Å². The van der Waals surface area contributed by atoms with E-state index in [0.29, 0.717) is 5.91 Å². The number of hydrogen-bond donors (Lipinski definition) is 1. The topological polar surface area (TPSA) is 61.6 Å². The van der Waals surface area contributed by atoms with E-state index in [9.17, 15) is 9.90 Å². The average Bonchev–Trinajstić information content (AvgIpc) is 3.10. The SMILES string of the molecule is CCn1cc(CN2CCC3(CC2)CCN(C(=O)C2CCC2)C[C@H]3CO)cn1. The summed E-state index contributed by atoms with van der Waals surface area (Å²) in [6, 6.07) is 0. The molecule has 1 aliphatic carbocycles. The summed E-state index contributed by atoms with van der Waals surface area (Å²) >= 11 is 0. The van der Waals surface area contributed by atoms with Gasteiger partial charge in [0.2, 0.25) is 5.91 Å². The summed E-state index contributed by atoms with van der Waals surface area (Å²) in [6.07, 6.45) is 10.8. The zero-order valence-corrected chi connectivity index (χ0v) is 16.6. The smallest absolute Gasteiger partial charge is 0.225 e. The average molecular weight is 375 g/mol. The maximum atomic E-state index is 12.6. The monoisotopic (exact) mass is 374 g/mol. The third kappa shape index (κ3) is 3.79. The van der Waals surface area contributed by atoms with Gasteiger partial charge in [-0.2, -0.15) is 5.10 Å². The quantitative estimate of drug-likeness (QED) is 0.858. The van der Waals surface area contributed by atoms with E-state index in [-0.39, 0.29) is 23.9 Å². The van der Waals surface area contributed by atoms with E-state index in [4.69, 9.17) is 0 Å². The predicted octanol–water partition coefficient (Wildman–Crippen LogP) is 2.13. The number of likely N-dealkylation sites (tertiary alicyclic amines) is 2. The molecule has 1 saturated carbocycles. The van der Waals surface area contributed by atoms with Crippen molar-refractivity contribution in [3.05, 3.63) is 18.0 Å². The highest BCUT2D eigenvalue weighted by Gasteiger charge is 2.46. The minimum atomic E-state index is 0.206. The Morgan fingerprint density at radius 2 is 2.00 bits per heavy atom. The summed E-state index contributed by atoms with van der Waals surface area (Å²) in [5.41, 5.74) is 1.50. The molecule has 0 bridgehead atoms.